The molecule has 0 aliphatic carbocycles. The van der Waals surface area contributed by atoms with Crippen molar-refractivity contribution >= 4 is 22.5 Å². The lowest BCUT2D eigenvalue weighted by Gasteiger charge is -2.37. The molecule has 2 aromatic heterocycles. The largest absolute Gasteiger partial charge is 0.496 e. The van der Waals surface area contributed by atoms with E-state index in [0.29, 0.717) is 31.2 Å². The second kappa shape index (κ2) is 9.26. The highest BCUT2D eigenvalue weighted by molar-refractivity contribution is 5.93. The Morgan fingerprint density at radius 3 is 2.66 bits per heavy atom. The van der Waals surface area contributed by atoms with Gasteiger partial charge in [-0.05, 0) is 50.1 Å². The molecule has 2 unspecified atom stereocenters. The molecule has 3 aliphatic rings. The van der Waals surface area contributed by atoms with Crippen LogP contribution in [0.5, 0.6) is 5.75 Å². The number of anilines is 2. The molecule has 3 atom stereocenters. The van der Waals surface area contributed by atoms with E-state index in [1.165, 1.54) is 5.69 Å². The minimum Gasteiger partial charge on any atom is -0.496 e. The van der Waals surface area contributed by atoms with Crippen LogP contribution >= 0.6 is 0 Å². The zero-order valence-electron chi connectivity index (χ0n) is 20.3. The Kier molecular flexibility index (Phi) is 5.96. The summed E-state index contributed by atoms with van der Waals surface area (Å²) in [4.78, 5) is 14.9. The maximum Gasteiger partial charge on any atom is 0.164 e. The van der Waals surface area contributed by atoms with Gasteiger partial charge in [0, 0.05) is 42.2 Å². The van der Waals surface area contributed by atoms with Gasteiger partial charge in [-0.3, -0.25) is 0 Å². The number of pyridine rings is 2. The van der Waals surface area contributed by atoms with Crippen molar-refractivity contribution < 1.29 is 19.3 Å². The molecule has 5 heterocycles. The summed E-state index contributed by atoms with van der Waals surface area (Å²) in [6.07, 6.45) is 2.85. The van der Waals surface area contributed by atoms with Gasteiger partial charge in [-0.15, -0.1) is 0 Å². The van der Waals surface area contributed by atoms with Crippen LogP contribution < -0.4 is 14.5 Å². The summed E-state index contributed by atoms with van der Waals surface area (Å²) in [7, 11) is 1.61. The van der Waals surface area contributed by atoms with Crippen LogP contribution in [0.1, 0.15) is 25.3 Å². The number of aromatic nitrogens is 2. The van der Waals surface area contributed by atoms with Gasteiger partial charge in [0.2, 0.25) is 0 Å². The Bertz CT molecular complexity index is 1220. The lowest BCUT2D eigenvalue weighted by molar-refractivity contribution is 0.0306. The number of ether oxygens (including phenoxy) is 3. The molecular formula is C27H32N4O4. The highest BCUT2D eigenvalue weighted by Crippen LogP contribution is 2.37. The van der Waals surface area contributed by atoms with Crippen LogP contribution in [0.15, 0.2) is 36.4 Å². The summed E-state index contributed by atoms with van der Waals surface area (Å²) in [6.45, 7) is 6.08. The van der Waals surface area contributed by atoms with E-state index in [1.54, 1.807) is 7.11 Å². The molecule has 0 saturated carbocycles. The van der Waals surface area contributed by atoms with E-state index in [0.717, 1.165) is 66.1 Å². The second-order valence-electron chi connectivity index (χ2n) is 9.73. The molecule has 3 aromatic rings. The van der Waals surface area contributed by atoms with Crippen LogP contribution in [-0.2, 0) is 16.1 Å². The first-order valence-electron chi connectivity index (χ1n) is 12.5. The van der Waals surface area contributed by atoms with E-state index < -0.39 is 0 Å². The van der Waals surface area contributed by atoms with Crippen molar-refractivity contribution in [2.45, 2.75) is 44.6 Å². The molecule has 3 fully saturated rings. The molecule has 2 bridgehead atoms. The van der Waals surface area contributed by atoms with Gasteiger partial charge in [0.25, 0.3) is 0 Å². The molecule has 3 saturated heterocycles. The molecule has 6 rings (SSSR count). The lowest BCUT2D eigenvalue weighted by atomic mass is 10.1. The van der Waals surface area contributed by atoms with Gasteiger partial charge < -0.3 is 29.1 Å². The predicted molar refractivity (Wildman–Crippen MR) is 135 cm³/mol. The number of methoxy groups -OCH3 is 1. The molecular weight excluding hydrogens is 444 g/mol. The summed E-state index contributed by atoms with van der Waals surface area (Å²) in [5, 5.41) is 10.8. The first kappa shape index (κ1) is 22.5. The fourth-order valence-electron chi connectivity index (χ4n) is 5.58. The molecule has 0 radical (unpaired) electrons. The minimum absolute atomic E-state index is 0.0918. The quantitative estimate of drug-likeness (QED) is 0.600. The van der Waals surface area contributed by atoms with Gasteiger partial charge in [-0.1, -0.05) is 0 Å². The Morgan fingerprint density at radius 1 is 1.09 bits per heavy atom. The molecule has 3 aliphatic heterocycles. The standard InChI is InChI=1S/C27H32N4O4/c1-17-16-34-10-9-31(17)26-12-24(30-13-20-4-5-21(14-30)35-20)22-6-7-23(28-27(22)29-26)18-3-8-25(33-2)19(11-18)15-32/h3,6-8,11-12,17,20-21,32H,4-5,9-10,13-16H2,1-2H3/t17-,20?,21?/m0/s1. The van der Waals surface area contributed by atoms with Crippen LogP contribution in [0.3, 0.4) is 0 Å². The average molecular weight is 477 g/mol. The first-order valence-corrected chi connectivity index (χ1v) is 12.5. The third-order valence-electron chi connectivity index (χ3n) is 7.43. The molecule has 1 N–H and O–H groups in total. The maximum absolute atomic E-state index is 9.78. The van der Waals surface area contributed by atoms with Gasteiger partial charge in [-0.2, -0.15) is 0 Å². The Hall–Kier alpha value is -2.94. The van der Waals surface area contributed by atoms with E-state index in [-0.39, 0.29) is 12.6 Å². The smallest absolute Gasteiger partial charge is 0.164 e. The number of morpholine rings is 2. The Morgan fingerprint density at radius 2 is 1.91 bits per heavy atom. The van der Waals surface area contributed by atoms with Crippen molar-refractivity contribution in [2.24, 2.45) is 0 Å². The number of fused-ring (bicyclic) bond motifs is 3. The first-order chi connectivity index (χ1) is 17.1. The van der Waals surface area contributed by atoms with Gasteiger partial charge in [-0.25, -0.2) is 9.97 Å². The Balaban J connectivity index is 1.46. The Labute approximate surface area is 205 Å². The van der Waals surface area contributed by atoms with Gasteiger partial charge >= 0.3 is 0 Å². The number of nitrogens with zero attached hydrogens (tertiary/aromatic N) is 4. The number of benzene rings is 1. The highest BCUT2D eigenvalue weighted by atomic mass is 16.5. The normalized spacial score (nSPS) is 24.3. The molecule has 1 aromatic carbocycles. The van der Waals surface area contributed by atoms with Crippen molar-refractivity contribution in [3.8, 4) is 17.0 Å². The SMILES string of the molecule is COc1ccc(-c2ccc3c(N4CC5CCC(C4)O5)cc(N4CCOC[C@@H]4C)nc3n2)cc1CO. The van der Waals surface area contributed by atoms with E-state index in [2.05, 4.69) is 28.9 Å². The number of rotatable bonds is 5. The van der Waals surface area contributed by atoms with Crippen LogP contribution in [-0.4, -0.2) is 73.3 Å². The van der Waals surface area contributed by atoms with Gasteiger partial charge in [0.05, 0.1) is 56.6 Å². The van der Waals surface area contributed by atoms with Crippen LogP contribution in [0, 0.1) is 0 Å². The average Bonchev–Trinajstić information content (AvgIpc) is 3.24. The molecule has 8 nitrogen and oxygen atoms in total. The topological polar surface area (TPSA) is 80.2 Å². The second-order valence-corrected chi connectivity index (χ2v) is 9.73. The highest BCUT2D eigenvalue weighted by Gasteiger charge is 2.35. The van der Waals surface area contributed by atoms with Crippen molar-refractivity contribution in [1.82, 2.24) is 9.97 Å². The number of hydrogen-bond donors (Lipinski definition) is 1. The third-order valence-corrected chi connectivity index (χ3v) is 7.43. The van der Waals surface area contributed by atoms with Crippen LogP contribution in [0.25, 0.3) is 22.3 Å². The van der Waals surface area contributed by atoms with Gasteiger partial charge in [0.1, 0.15) is 11.6 Å². The molecule has 184 valence electrons. The monoisotopic (exact) mass is 476 g/mol. The van der Waals surface area contributed by atoms with Crippen molar-refractivity contribution in [1.29, 1.82) is 0 Å². The van der Waals surface area contributed by atoms with E-state index in [1.807, 2.05) is 24.3 Å². The summed E-state index contributed by atoms with van der Waals surface area (Å²) >= 11 is 0. The zero-order chi connectivity index (χ0) is 23.9. The minimum atomic E-state index is -0.0918. The molecule has 8 heteroatoms. The van der Waals surface area contributed by atoms with Crippen molar-refractivity contribution in [2.75, 3.05) is 49.8 Å². The predicted octanol–water partition coefficient (Wildman–Crippen LogP) is 3.39. The number of hydrogen-bond acceptors (Lipinski definition) is 8. The van der Waals surface area contributed by atoms with Gasteiger partial charge in [0.15, 0.2) is 5.65 Å². The number of aliphatic hydroxyl groups is 1. The van der Waals surface area contributed by atoms with E-state index in [4.69, 9.17) is 24.2 Å². The zero-order valence-corrected chi connectivity index (χ0v) is 20.3. The van der Waals surface area contributed by atoms with Crippen LogP contribution in [0.2, 0.25) is 0 Å². The summed E-state index contributed by atoms with van der Waals surface area (Å²) in [6, 6.07) is 12.4. The van der Waals surface area contributed by atoms with Crippen molar-refractivity contribution in [3.63, 3.8) is 0 Å². The van der Waals surface area contributed by atoms with Crippen molar-refractivity contribution in [3.05, 3.63) is 42.0 Å². The summed E-state index contributed by atoms with van der Waals surface area (Å²) < 4.78 is 17.2. The van der Waals surface area contributed by atoms with E-state index >= 15 is 0 Å². The number of aliphatic hydroxyl groups excluding tert-OH is 1. The molecule has 35 heavy (non-hydrogen) atoms. The third kappa shape index (κ3) is 4.20. The van der Waals surface area contributed by atoms with Crippen LogP contribution in [0.4, 0.5) is 11.5 Å². The van der Waals surface area contributed by atoms with E-state index in [9.17, 15) is 5.11 Å². The maximum atomic E-state index is 9.78. The fourth-order valence-corrected chi connectivity index (χ4v) is 5.58. The fraction of sp³-hybridized carbons (Fsp3) is 0.481. The molecule has 0 amide bonds. The lowest BCUT2D eigenvalue weighted by Crippen LogP contribution is -2.45. The summed E-state index contributed by atoms with van der Waals surface area (Å²) in [5.74, 6) is 1.61. The summed E-state index contributed by atoms with van der Waals surface area (Å²) in [5.41, 5.74) is 4.39. The molecule has 0 spiro atoms.